The molecule has 11 aromatic rings. The van der Waals surface area contributed by atoms with Crippen molar-refractivity contribution in [3.63, 3.8) is 0 Å². The maximum atomic E-state index is 7.11. The van der Waals surface area contributed by atoms with Crippen molar-refractivity contribution in [2.45, 2.75) is 15.2 Å². The number of para-hydroxylation sites is 1. The van der Waals surface area contributed by atoms with Crippen LogP contribution in [0.2, 0.25) is 0 Å². The van der Waals surface area contributed by atoms with E-state index in [1.807, 2.05) is 36.4 Å². The fraction of sp³-hybridized carbons (Fsp3) is 0.0469. The van der Waals surface area contributed by atoms with Crippen molar-refractivity contribution in [1.82, 2.24) is 15.0 Å². The summed E-state index contributed by atoms with van der Waals surface area (Å²) in [5, 5.41) is 2.48. The zero-order valence-corrected chi connectivity index (χ0v) is 38.8. The Morgan fingerprint density at radius 2 is 0.841 bits per heavy atom. The highest BCUT2D eigenvalue weighted by Crippen LogP contribution is 2.71. The second-order valence-electron chi connectivity index (χ2n) is 18.7. The summed E-state index contributed by atoms with van der Waals surface area (Å²) in [6.45, 7) is 0. The topological polar surface area (TPSA) is 47.9 Å². The lowest BCUT2D eigenvalue weighted by atomic mass is 9.65. The Hall–Kier alpha value is -8.38. The van der Waals surface area contributed by atoms with Gasteiger partial charge in [-0.3, -0.25) is 0 Å². The van der Waals surface area contributed by atoms with Crippen molar-refractivity contribution in [2.75, 3.05) is 12.5 Å². The van der Waals surface area contributed by atoms with Gasteiger partial charge in [-0.05, 0) is 103 Å². The highest BCUT2D eigenvalue weighted by Gasteiger charge is 2.51. The van der Waals surface area contributed by atoms with E-state index in [-0.39, 0.29) is 0 Å². The Morgan fingerprint density at radius 3 is 1.59 bits per heavy atom. The quantitative estimate of drug-likeness (QED) is 0.173. The maximum Gasteiger partial charge on any atom is 0.165 e. The lowest BCUT2D eigenvalue weighted by molar-refractivity contribution is 0.436. The van der Waals surface area contributed by atoms with Gasteiger partial charge < -0.3 is 4.74 Å². The first kappa shape index (κ1) is 39.8. The van der Waals surface area contributed by atoms with Crippen LogP contribution >= 0.6 is 10.0 Å². The number of hydrogen-bond acceptors (Lipinski definition) is 4. The van der Waals surface area contributed by atoms with Crippen LogP contribution in [0.3, 0.4) is 0 Å². The average molecular weight is 902 g/mol. The smallest absolute Gasteiger partial charge is 0.165 e. The van der Waals surface area contributed by atoms with E-state index in [4.69, 9.17) is 19.7 Å². The molecule has 3 heterocycles. The van der Waals surface area contributed by atoms with Crippen LogP contribution in [0.15, 0.2) is 234 Å². The maximum absolute atomic E-state index is 7.11. The predicted octanol–water partition coefficient (Wildman–Crippen LogP) is 16.3. The molecule has 0 fully saturated rings. The van der Waals surface area contributed by atoms with Gasteiger partial charge in [0.2, 0.25) is 0 Å². The number of hydrogen-bond donors (Lipinski definition) is 0. The molecule has 10 aromatic carbocycles. The highest BCUT2D eigenvalue weighted by atomic mass is 32.3. The summed E-state index contributed by atoms with van der Waals surface area (Å²) in [6.07, 6.45) is 4.86. The van der Waals surface area contributed by atoms with Crippen LogP contribution in [0.5, 0.6) is 11.5 Å². The zero-order valence-electron chi connectivity index (χ0n) is 38.0. The second-order valence-corrected chi connectivity index (χ2v) is 22.1. The molecular formula is C64H43N3OS. The molecule has 1 aliphatic carbocycles. The summed E-state index contributed by atoms with van der Waals surface area (Å²) in [6, 6.07) is 81.0. The van der Waals surface area contributed by atoms with E-state index in [0.717, 1.165) is 44.9 Å². The fourth-order valence-corrected chi connectivity index (χ4v) is 14.8. The minimum Gasteiger partial charge on any atom is -0.457 e. The zero-order chi connectivity index (χ0) is 45.8. The standard InChI is InChI=1S/C64H43N3OS/c1-69(2)59-47(24-15-25-50(59)51-26-16-27-52(60(51)69)63-66-61(41-18-5-3-6-19-41)65-62(67-63)42-20-7-4-8-21-42)46-34-36-55-58(39-46)68-57-30-14-13-29-54(57)64(55)53-28-12-11-23-48(53)49-35-33-45(38-56(49)64)44-32-31-40-17-9-10-22-43(40)37-44/h3-39H,1-2H3. The molecule has 0 saturated carbocycles. The molecule has 69 heavy (non-hydrogen) atoms. The number of benzene rings is 10. The van der Waals surface area contributed by atoms with Crippen LogP contribution in [0.25, 0.3) is 89.4 Å². The van der Waals surface area contributed by atoms with E-state index >= 15 is 0 Å². The normalized spacial score (nSPS) is 15.9. The largest absolute Gasteiger partial charge is 0.457 e. The molecule has 0 N–H and O–H groups in total. The van der Waals surface area contributed by atoms with E-state index in [9.17, 15) is 0 Å². The minimum absolute atomic E-state index is 0.600. The van der Waals surface area contributed by atoms with Gasteiger partial charge in [0.25, 0.3) is 0 Å². The molecule has 2 aliphatic heterocycles. The van der Waals surface area contributed by atoms with E-state index in [1.165, 1.54) is 70.6 Å². The van der Waals surface area contributed by atoms with Gasteiger partial charge in [-0.1, -0.05) is 200 Å². The van der Waals surface area contributed by atoms with Gasteiger partial charge in [0.1, 0.15) is 11.5 Å². The Kier molecular flexibility index (Phi) is 8.68. The van der Waals surface area contributed by atoms with Crippen molar-refractivity contribution in [3.8, 4) is 90.2 Å². The summed E-state index contributed by atoms with van der Waals surface area (Å²) in [5.41, 5.74) is 17.0. The number of fused-ring (bicyclic) bond motifs is 13. The van der Waals surface area contributed by atoms with Crippen LogP contribution < -0.4 is 4.74 Å². The van der Waals surface area contributed by atoms with Crippen molar-refractivity contribution in [1.29, 1.82) is 0 Å². The van der Waals surface area contributed by atoms with Gasteiger partial charge in [0.15, 0.2) is 17.5 Å². The number of nitrogens with zero attached hydrogens (tertiary/aromatic N) is 3. The number of rotatable bonds is 5. The lowest BCUT2D eigenvalue weighted by Crippen LogP contribution is -2.32. The van der Waals surface area contributed by atoms with Crippen LogP contribution in [0.1, 0.15) is 22.3 Å². The summed E-state index contributed by atoms with van der Waals surface area (Å²) >= 11 is 0. The van der Waals surface area contributed by atoms with E-state index < -0.39 is 15.4 Å². The Balaban J connectivity index is 0.931. The number of aromatic nitrogens is 3. The van der Waals surface area contributed by atoms with Crippen molar-refractivity contribution in [2.24, 2.45) is 0 Å². The highest BCUT2D eigenvalue weighted by molar-refractivity contribution is 8.33. The second kappa shape index (κ2) is 15.1. The third-order valence-electron chi connectivity index (χ3n) is 14.6. The Labute approximate surface area is 403 Å². The molecule has 4 nitrogen and oxygen atoms in total. The Bertz CT molecular complexity index is 3860. The van der Waals surface area contributed by atoms with E-state index in [0.29, 0.717) is 17.5 Å². The first-order chi connectivity index (χ1) is 33.9. The lowest BCUT2D eigenvalue weighted by Gasteiger charge is -2.39. The molecule has 0 saturated heterocycles. The van der Waals surface area contributed by atoms with Crippen molar-refractivity contribution < 1.29 is 4.74 Å². The van der Waals surface area contributed by atoms with Gasteiger partial charge in [-0.2, -0.15) is 10.0 Å². The van der Waals surface area contributed by atoms with Crippen molar-refractivity contribution >= 4 is 20.8 Å². The van der Waals surface area contributed by atoms with Crippen LogP contribution in [-0.2, 0) is 5.41 Å². The molecule has 5 heteroatoms. The molecule has 0 amide bonds. The molecule has 1 spiro atoms. The molecule has 326 valence electrons. The average Bonchev–Trinajstić information content (AvgIpc) is 3.83. The summed E-state index contributed by atoms with van der Waals surface area (Å²) < 4.78 is 7.11. The van der Waals surface area contributed by atoms with Gasteiger partial charge in [-0.25, -0.2) is 15.0 Å². The first-order valence-electron chi connectivity index (χ1n) is 23.5. The molecular weight excluding hydrogens is 859 g/mol. The predicted molar refractivity (Wildman–Crippen MR) is 283 cm³/mol. The molecule has 0 radical (unpaired) electrons. The summed E-state index contributed by atoms with van der Waals surface area (Å²) in [4.78, 5) is 18.1. The first-order valence-corrected chi connectivity index (χ1v) is 25.9. The SMILES string of the molecule is CS1(C)c2c(-c3ccc4c(c3)Oc3ccccc3C43c4ccccc4-c4ccc(-c5ccc6ccccc6c5)cc43)cccc2-c2cccc(-c3nc(-c4ccccc4)nc(-c4ccccc4)n3)c21. The number of ether oxygens (including phenoxy) is 1. The van der Waals surface area contributed by atoms with E-state index in [1.54, 1.807) is 0 Å². The molecule has 3 aliphatic rings. The fourth-order valence-electron chi connectivity index (χ4n) is 11.7. The van der Waals surface area contributed by atoms with Crippen molar-refractivity contribution in [3.05, 3.63) is 247 Å². The molecule has 1 unspecified atom stereocenters. The molecule has 14 rings (SSSR count). The van der Waals surface area contributed by atoms with Gasteiger partial charge in [0, 0.05) is 37.6 Å². The summed E-state index contributed by atoms with van der Waals surface area (Å²) in [5.74, 6) is 3.75. The minimum atomic E-state index is -1.64. The molecule has 1 atom stereocenters. The van der Waals surface area contributed by atoms with Crippen LogP contribution in [-0.4, -0.2) is 27.5 Å². The van der Waals surface area contributed by atoms with Gasteiger partial charge in [-0.15, -0.1) is 0 Å². The van der Waals surface area contributed by atoms with E-state index in [2.05, 4.69) is 201 Å². The summed E-state index contributed by atoms with van der Waals surface area (Å²) in [7, 11) is -1.64. The van der Waals surface area contributed by atoms with Gasteiger partial charge in [0.05, 0.1) is 5.41 Å². The molecule has 1 aromatic heterocycles. The Morgan fingerprint density at radius 1 is 0.319 bits per heavy atom. The monoisotopic (exact) mass is 901 g/mol. The van der Waals surface area contributed by atoms with Gasteiger partial charge >= 0.3 is 0 Å². The molecule has 0 bridgehead atoms. The van der Waals surface area contributed by atoms with Crippen LogP contribution in [0, 0.1) is 0 Å². The van der Waals surface area contributed by atoms with Crippen LogP contribution in [0.4, 0.5) is 0 Å². The third-order valence-corrected chi connectivity index (χ3v) is 17.5. The third kappa shape index (κ3) is 5.87.